The first-order chi connectivity index (χ1) is 17.4. The highest BCUT2D eigenvalue weighted by molar-refractivity contribution is 6.32. The summed E-state index contributed by atoms with van der Waals surface area (Å²) in [6.45, 7) is 0. The summed E-state index contributed by atoms with van der Waals surface area (Å²) in [7, 11) is 0. The first kappa shape index (κ1) is 23.5. The Morgan fingerprint density at radius 2 is 1.81 bits per heavy atom. The van der Waals surface area contributed by atoms with E-state index in [1.165, 1.54) is 36.5 Å². The van der Waals surface area contributed by atoms with E-state index in [0.717, 1.165) is 5.56 Å². The number of H-pyrrole nitrogens is 1. The molecular formula is C25H15Cl2F2N7. The Labute approximate surface area is 213 Å². The number of nitrogens with one attached hydrogen (secondary N) is 3. The minimum atomic E-state index is -0.559. The molecule has 3 aromatic carbocycles. The van der Waals surface area contributed by atoms with Crippen molar-refractivity contribution in [1.82, 2.24) is 20.4 Å². The molecule has 7 nitrogen and oxygen atoms in total. The number of nitrogens with zero attached hydrogens (tertiary/aromatic N) is 4. The molecule has 36 heavy (non-hydrogen) atoms. The van der Waals surface area contributed by atoms with Crippen LogP contribution in [0.4, 0.5) is 25.8 Å². The van der Waals surface area contributed by atoms with Crippen molar-refractivity contribution in [2.75, 3.05) is 10.6 Å². The van der Waals surface area contributed by atoms with Gasteiger partial charge in [-0.05, 0) is 48.0 Å². The third-order valence-corrected chi connectivity index (χ3v) is 5.99. The lowest BCUT2D eigenvalue weighted by Gasteiger charge is -2.20. The van der Waals surface area contributed by atoms with Crippen molar-refractivity contribution >= 4 is 51.2 Å². The van der Waals surface area contributed by atoms with Crippen molar-refractivity contribution in [3.63, 3.8) is 0 Å². The fourth-order valence-corrected chi connectivity index (χ4v) is 4.20. The van der Waals surface area contributed by atoms with Gasteiger partial charge in [0, 0.05) is 22.3 Å². The topological polar surface area (TPSA) is 102 Å². The van der Waals surface area contributed by atoms with Crippen LogP contribution in [-0.2, 0) is 0 Å². The Bertz CT molecular complexity index is 1600. The van der Waals surface area contributed by atoms with Crippen LogP contribution >= 0.6 is 23.2 Å². The smallest absolute Gasteiger partial charge is 0.141 e. The summed E-state index contributed by atoms with van der Waals surface area (Å²) in [4.78, 5) is 4.50. The van der Waals surface area contributed by atoms with Gasteiger partial charge >= 0.3 is 0 Å². The zero-order valence-electron chi connectivity index (χ0n) is 18.2. The molecule has 0 aliphatic rings. The Morgan fingerprint density at radius 1 is 1.00 bits per heavy atom. The average molecular weight is 522 g/mol. The SMILES string of the molecule is N#Cc1cnc2c(NC(c3ccc(F)cc3)c3cn[nH]n3)cc(Cl)cc2c1Nc1ccc(F)c(Cl)c1. The number of aromatic amines is 1. The summed E-state index contributed by atoms with van der Waals surface area (Å²) in [5.74, 6) is -0.926. The van der Waals surface area contributed by atoms with E-state index < -0.39 is 11.9 Å². The molecule has 0 fully saturated rings. The molecule has 0 radical (unpaired) electrons. The summed E-state index contributed by atoms with van der Waals surface area (Å²) in [6, 6.07) is 15.1. The molecule has 178 valence electrons. The van der Waals surface area contributed by atoms with E-state index in [0.29, 0.717) is 38.7 Å². The number of aromatic nitrogens is 4. The molecule has 0 saturated heterocycles. The summed E-state index contributed by atoms with van der Waals surface area (Å²) < 4.78 is 27.2. The second kappa shape index (κ2) is 9.77. The highest BCUT2D eigenvalue weighted by Crippen LogP contribution is 2.37. The monoisotopic (exact) mass is 521 g/mol. The predicted octanol–water partition coefficient (Wildman–Crippen LogP) is 6.75. The molecule has 11 heteroatoms. The minimum absolute atomic E-state index is 0.0630. The van der Waals surface area contributed by atoms with E-state index in [-0.39, 0.29) is 16.4 Å². The standard InChI is InChI=1S/C25H15Cl2F2N7/c26-15-7-18-23(33-17-5-6-20(29)19(27)9-17)14(10-30)11-31-25(18)21(8-15)34-24(22-12-32-36-35-22)13-1-3-16(28)4-2-13/h1-9,11-12,24,34H,(H,31,33)(H,32,35,36). The Balaban J connectivity index is 1.63. The molecule has 0 saturated carbocycles. The van der Waals surface area contributed by atoms with Crippen LogP contribution < -0.4 is 10.6 Å². The molecule has 3 N–H and O–H groups in total. The summed E-state index contributed by atoms with van der Waals surface area (Å²) in [5.41, 5.74) is 3.49. The molecular weight excluding hydrogens is 507 g/mol. The second-order valence-corrected chi connectivity index (χ2v) is 8.63. The first-order valence-electron chi connectivity index (χ1n) is 10.5. The number of nitriles is 1. The Morgan fingerprint density at radius 3 is 2.50 bits per heavy atom. The number of halogens is 4. The highest BCUT2D eigenvalue weighted by Gasteiger charge is 2.21. The molecule has 5 aromatic rings. The maximum atomic E-state index is 13.7. The molecule has 1 unspecified atom stereocenters. The third-order valence-electron chi connectivity index (χ3n) is 5.48. The molecule has 0 aliphatic heterocycles. The molecule has 0 amide bonds. The third kappa shape index (κ3) is 4.64. The fourth-order valence-electron chi connectivity index (χ4n) is 3.80. The van der Waals surface area contributed by atoms with E-state index in [4.69, 9.17) is 23.2 Å². The van der Waals surface area contributed by atoms with Crippen molar-refractivity contribution < 1.29 is 8.78 Å². The summed E-state index contributed by atoms with van der Waals surface area (Å²) >= 11 is 12.4. The van der Waals surface area contributed by atoms with Gasteiger partial charge in [0.05, 0.1) is 39.7 Å². The van der Waals surface area contributed by atoms with Gasteiger partial charge in [0.2, 0.25) is 0 Å². The number of hydrogen-bond acceptors (Lipinski definition) is 6. The van der Waals surface area contributed by atoms with E-state index in [1.807, 2.05) is 0 Å². The van der Waals surface area contributed by atoms with Crippen molar-refractivity contribution in [1.29, 1.82) is 5.26 Å². The van der Waals surface area contributed by atoms with Crippen LogP contribution in [-0.4, -0.2) is 20.4 Å². The van der Waals surface area contributed by atoms with Crippen molar-refractivity contribution in [2.24, 2.45) is 0 Å². The highest BCUT2D eigenvalue weighted by atomic mass is 35.5. The molecule has 1 atom stereocenters. The molecule has 2 heterocycles. The normalized spacial score (nSPS) is 11.8. The van der Waals surface area contributed by atoms with Gasteiger partial charge in [0.15, 0.2) is 0 Å². The van der Waals surface area contributed by atoms with Crippen molar-refractivity contribution in [3.8, 4) is 6.07 Å². The van der Waals surface area contributed by atoms with Gasteiger partial charge in [0.1, 0.15) is 23.4 Å². The zero-order chi connectivity index (χ0) is 25.2. The number of anilines is 3. The number of pyridine rings is 1. The fraction of sp³-hybridized carbons (Fsp3) is 0.0400. The molecule has 0 spiro atoms. The zero-order valence-corrected chi connectivity index (χ0v) is 19.7. The van der Waals surface area contributed by atoms with Crippen LogP contribution in [0.3, 0.4) is 0 Å². The van der Waals surface area contributed by atoms with Gasteiger partial charge in [-0.25, -0.2) is 8.78 Å². The largest absolute Gasteiger partial charge is 0.371 e. The quantitative estimate of drug-likeness (QED) is 0.228. The molecule has 5 rings (SSSR count). The van der Waals surface area contributed by atoms with E-state index in [9.17, 15) is 14.0 Å². The Hall–Kier alpha value is -4.26. The van der Waals surface area contributed by atoms with Crippen LogP contribution in [0.1, 0.15) is 22.9 Å². The van der Waals surface area contributed by atoms with Crippen molar-refractivity contribution in [2.45, 2.75) is 6.04 Å². The maximum absolute atomic E-state index is 13.7. The van der Waals surface area contributed by atoms with Crippen LogP contribution in [0.25, 0.3) is 10.9 Å². The van der Waals surface area contributed by atoms with Gasteiger partial charge in [-0.2, -0.15) is 20.7 Å². The number of hydrogen-bond donors (Lipinski definition) is 3. The minimum Gasteiger partial charge on any atom is -0.371 e. The lowest BCUT2D eigenvalue weighted by atomic mass is 10.0. The van der Waals surface area contributed by atoms with Crippen molar-refractivity contribution in [3.05, 3.63) is 105 Å². The van der Waals surface area contributed by atoms with E-state index in [1.54, 1.807) is 30.5 Å². The lowest BCUT2D eigenvalue weighted by molar-refractivity contribution is 0.626. The van der Waals surface area contributed by atoms with Crippen LogP contribution in [0.15, 0.2) is 67.0 Å². The predicted molar refractivity (Wildman–Crippen MR) is 134 cm³/mol. The van der Waals surface area contributed by atoms with Gasteiger partial charge in [0.25, 0.3) is 0 Å². The Kier molecular flexibility index (Phi) is 6.38. The van der Waals surface area contributed by atoms with Gasteiger partial charge in [-0.15, -0.1) is 0 Å². The van der Waals surface area contributed by atoms with Gasteiger partial charge in [-0.1, -0.05) is 35.3 Å². The lowest BCUT2D eigenvalue weighted by Crippen LogP contribution is -2.14. The van der Waals surface area contributed by atoms with Crippen LogP contribution in [0, 0.1) is 23.0 Å². The first-order valence-corrected chi connectivity index (χ1v) is 11.3. The molecule has 0 bridgehead atoms. The molecule has 2 aromatic heterocycles. The second-order valence-electron chi connectivity index (χ2n) is 7.79. The van der Waals surface area contributed by atoms with Gasteiger partial charge < -0.3 is 10.6 Å². The van der Waals surface area contributed by atoms with Crippen LogP contribution in [0.5, 0.6) is 0 Å². The average Bonchev–Trinajstić information content (AvgIpc) is 3.40. The van der Waals surface area contributed by atoms with E-state index in [2.05, 4.69) is 37.1 Å². The summed E-state index contributed by atoms with van der Waals surface area (Å²) in [6.07, 6.45) is 2.98. The number of rotatable bonds is 6. The number of fused-ring (bicyclic) bond motifs is 1. The van der Waals surface area contributed by atoms with E-state index >= 15 is 0 Å². The van der Waals surface area contributed by atoms with Gasteiger partial charge in [-0.3, -0.25) is 4.98 Å². The number of benzene rings is 3. The maximum Gasteiger partial charge on any atom is 0.141 e. The molecule has 0 aliphatic carbocycles. The summed E-state index contributed by atoms with van der Waals surface area (Å²) in [5, 5.41) is 27.7. The van der Waals surface area contributed by atoms with Crippen LogP contribution in [0.2, 0.25) is 10.0 Å².